The molecule has 0 bridgehead atoms. The highest BCUT2D eigenvalue weighted by Gasteiger charge is 2.32. The molecule has 0 radical (unpaired) electrons. The molecule has 1 saturated carbocycles. The molecule has 2 aliphatic rings. The summed E-state index contributed by atoms with van der Waals surface area (Å²) < 4.78 is 0. The molecule has 3 atom stereocenters. The monoisotopic (exact) mass is 269 g/mol. The van der Waals surface area contributed by atoms with Crippen LogP contribution in [0.5, 0.6) is 0 Å². The SMILES string of the molecule is O=C1CC(NC(=O)NC2CCCCC2C(=O)O)CN1. The van der Waals surface area contributed by atoms with Crippen LogP contribution in [0.3, 0.4) is 0 Å². The zero-order valence-electron chi connectivity index (χ0n) is 10.6. The van der Waals surface area contributed by atoms with Gasteiger partial charge in [0.15, 0.2) is 0 Å². The number of nitrogens with one attached hydrogen (secondary N) is 3. The van der Waals surface area contributed by atoms with Crippen molar-refractivity contribution in [1.29, 1.82) is 0 Å². The highest BCUT2D eigenvalue weighted by Crippen LogP contribution is 2.24. The van der Waals surface area contributed by atoms with Crippen LogP contribution in [-0.4, -0.2) is 41.6 Å². The lowest BCUT2D eigenvalue weighted by Gasteiger charge is -2.29. The largest absolute Gasteiger partial charge is 0.481 e. The van der Waals surface area contributed by atoms with Crippen molar-refractivity contribution in [2.24, 2.45) is 5.92 Å². The van der Waals surface area contributed by atoms with Crippen molar-refractivity contribution in [3.05, 3.63) is 0 Å². The first-order valence-electron chi connectivity index (χ1n) is 6.63. The molecule has 7 nitrogen and oxygen atoms in total. The van der Waals surface area contributed by atoms with E-state index < -0.39 is 11.9 Å². The van der Waals surface area contributed by atoms with Gasteiger partial charge in [-0.15, -0.1) is 0 Å². The molecule has 0 spiro atoms. The van der Waals surface area contributed by atoms with Crippen LogP contribution >= 0.6 is 0 Å². The van der Waals surface area contributed by atoms with Gasteiger partial charge in [-0.1, -0.05) is 12.8 Å². The second-order valence-corrected chi connectivity index (χ2v) is 5.16. The Kier molecular flexibility index (Phi) is 4.24. The van der Waals surface area contributed by atoms with E-state index in [1.807, 2.05) is 0 Å². The molecule has 0 aromatic carbocycles. The number of urea groups is 1. The first-order chi connectivity index (χ1) is 9.06. The van der Waals surface area contributed by atoms with Crippen molar-refractivity contribution >= 4 is 17.9 Å². The molecule has 3 amide bonds. The van der Waals surface area contributed by atoms with Crippen molar-refractivity contribution < 1.29 is 19.5 Å². The highest BCUT2D eigenvalue weighted by atomic mass is 16.4. The van der Waals surface area contributed by atoms with Gasteiger partial charge < -0.3 is 21.1 Å². The Morgan fingerprint density at radius 1 is 1.21 bits per heavy atom. The third-order valence-electron chi connectivity index (χ3n) is 3.71. The maximum absolute atomic E-state index is 11.8. The van der Waals surface area contributed by atoms with Gasteiger partial charge in [0.2, 0.25) is 5.91 Å². The molecule has 3 unspecified atom stereocenters. The molecule has 106 valence electrons. The Labute approximate surface area is 111 Å². The summed E-state index contributed by atoms with van der Waals surface area (Å²) in [5.74, 6) is -1.45. The molecule has 2 rings (SSSR count). The van der Waals surface area contributed by atoms with Crippen molar-refractivity contribution in [2.75, 3.05) is 6.54 Å². The van der Waals surface area contributed by atoms with Crippen molar-refractivity contribution in [1.82, 2.24) is 16.0 Å². The quantitative estimate of drug-likeness (QED) is 0.570. The van der Waals surface area contributed by atoms with Crippen LogP contribution in [-0.2, 0) is 9.59 Å². The van der Waals surface area contributed by atoms with Crippen LogP contribution in [0.1, 0.15) is 32.1 Å². The number of rotatable bonds is 3. The smallest absolute Gasteiger partial charge is 0.315 e. The molecular weight excluding hydrogens is 250 g/mol. The van der Waals surface area contributed by atoms with Gasteiger partial charge in [-0.25, -0.2) is 4.79 Å². The minimum atomic E-state index is -0.859. The molecule has 2 fully saturated rings. The number of aliphatic carboxylic acids is 1. The fourth-order valence-corrected chi connectivity index (χ4v) is 2.70. The lowest BCUT2D eigenvalue weighted by Crippen LogP contribution is -2.51. The van der Waals surface area contributed by atoms with Gasteiger partial charge in [0, 0.05) is 19.0 Å². The highest BCUT2D eigenvalue weighted by molar-refractivity contribution is 5.82. The topological polar surface area (TPSA) is 108 Å². The number of carboxylic acids is 1. The summed E-state index contributed by atoms with van der Waals surface area (Å²) in [5.41, 5.74) is 0. The van der Waals surface area contributed by atoms with E-state index in [1.54, 1.807) is 0 Å². The molecule has 1 heterocycles. The minimum Gasteiger partial charge on any atom is -0.481 e. The fraction of sp³-hybridized carbons (Fsp3) is 0.750. The fourth-order valence-electron chi connectivity index (χ4n) is 2.70. The van der Waals surface area contributed by atoms with E-state index in [0.717, 1.165) is 12.8 Å². The third-order valence-corrected chi connectivity index (χ3v) is 3.71. The average molecular weight is 269 g/mol. The van der Waals surface area contributed by atoms with Crippen LogP contribution in [0.2, 0.25) is 0 Å². The van der Waals surface area contributed by atoms with E-state index in [0.29, 0.717) is 19.4 Å². The van der Waals surface area contributed by atoms with Gasteiger partial charge in [-0.3, -0.25) is 9.59 Å². The Balaban J connectivity index is 1.83. The zero-order valence-corrected chi connectivity index (χ0v) is 10.6. The van der Waals surface area contributed by atoms with Gasteiger partial charge in [0.25, 0.3) is 0 Å². The van der Waals surface area contributed by atoms with Crippen LogP contribution in [0.4, 0.5) is 4.79 Å². The molecule has 0 aromatic heterocycles. The molecule has 1 aliphatic heterocycles. The molecular formula is C12H19N3O4. The molecule has 1 aliphatic carbocycles. The van der Waals surface area contributed by atoms with E-state index in [9.17, 15) is 14.4 Å². The summed E-state index contributed by atoms with van der Waals surface area (Å²) in [7, 11) is 0. The zero-order chi connectivity index (χ0) is 13.8. The van der Waals surface area contributed by atoms with Crippen LogP contribution in [0.25, 0.3) is 0 Å². The van der Waals surface area contributed by atoms with E-state index in [2.05, 4.69) is 16.0 Å². The summed E-state index contributed by atoms with van der Waals surface area (Å²) in [6.07, 6.45) is 3.38. The molecule has 1 saturated heterocycles. The first-order valence-corrected chi connectivity index (χ1v) is 6.63. The van der Waals surface area contributed by atoms with Gasteiger partial charge in [0.05, 0.1) is 12.0 Å². The van der Waals surface area contributed by atoms with Crippen LogP contribution < -0.4 is 16.0 Å². The van der Waals surface area contributed by atoms with Gasteiger partial charge in [-0.05, 0) is 12.8 Å². The Hall–Kier alpha value is -1.79. The second-order valence-electron chi connectivity index (χ2n) is 5.16. The van der Waals surface area contributed by atoms with Crippen LogP contribution in [0, 0.1) is 5.92 Å². The maximum Gasteiger partial charge on any atom is 0.315 e. The van der Waals surface area contributed by atoms with Crippen molar-refractivity contribution in [3.63, 3.8) is 0 Å². The number of carboxylic acid groups (broad SMARTS) is 1. The normalized spacial score (nSPS) is 30.5. The summed E-state index contributed by atoms with van der Waals surface area (Å²) in [4.78, 5) is 33.9. The summed E-state index contributed by atoms with van der Waals surface area (Å²) in [5, 5.41) is 17.2. The standard InChI is InChI=1S/C12H19N3O4/c16-10-5-7(6-13-10)14-12(19)15-9-4-2-1-3-8(9)11(17)18/h7-9H,1-6H2,(H,13,16)(H,17,18)(H2,14,15,19). The number of amides is 3. The minimum absolute atomic E-state index is 0.0774. The third kappa shape index (κ3) is 3.59. The second kappa shape index (κ2) is 5.90. The van der Waals surface area contributed by atoms with E-state index >= 15 is 0 Å². The van der Waals surface area contributed by atoms with E-state index in [-0.39, 0.29) is 30.4 Å². The lowest BCUT2D eigenvalue weighted by molar-refractivity contribution is -0.143. The van der Waals surface area contributed by atoms with Gasteiger partial charge in [-0.2, -0.15) is 0 Å². The Bertz CT molecular complexity index is 385. The Morgan fingerprint density at radius 3 is 2.58 bits per heavy atom. The van der Waals surface area contributed by atoms with Crippen LogP contribution in [0.15, 0.2) is 0 Å². The summed E-state index contributed by atoms with van der Waals surface area (Å²) >= 11 is 0. The number of carbonyl (C=O) groups is 3. The van der Waals surface area contributed by atoms with Gasteiger partial charge >= 0.3 is 12.0 Å². The number of hydrogen-bond acceptors (Lipinski definition) is 3. The van der Waals surface area contributed by atoms with E-state index in [1.165, 1.54) is 0 Å². The molecule has 7 heteroatoms. The molecule has 4 N–H and O–H groups in total. The molecule has 0 aromatic rings. The molecule has 19 heavy (non-hydrogen) atoms. The van der Waals surface area contributed by atoms with Crippen molar-refractivity contribution in [3.8, 4) is 0 Å². The Morgan fingerprint density at radius 2 is 1.95 bits per heavy atom. The maximum atomic E-state index is 11.8. The first kappa shape index (κ1) is 13.6. The average Bonchev–Trinajstić information content (AvgIpc) is 2.75. The van der Waals surface area contributed by atoms with Crippen molar-refractivity contribution in [2.45, 2.75) is 44.2 Å². The predicted molar refractivity (Wildman–Crippen MR) is 66.5 cm³/mol. The van der Waals surface area contributed by atoms with E-state index in [4.69, 9.17) is 5.11 Å². The number of carbonyl (C=O) groups excluding carboxylic acids is 2. The van der Waals surface area contributed by atoms with Gasteiger partial charge in [0.1, 0.15) is 0 Å². The number of hydrogen-bond donors (Lipinski definition) is 4. The summed E-state index contributed by atoms with van der Waals surface area (Å²) in [6.45, 7) is 0.430. The summed E-state index contributed by atoms with van der Waals surface area (Å²) in [6, 6.07) is -0.921. The lowest BCUT2D eigenvalue weighted by atomic mass is 9.84. The predicted octanol–water partition coefficient (Wildman–Crippen LogP) is -0.182.